The standard InChI is InChI=1S/C12H22N4O/c1-3-16-11(13-10-14-16)9-15-7-4-5-12(2,17)6-8-15/h10,17H,3-9H2,1-2H3. The van der Waals surface area contributed by atoms with Gasteiger partial charge in [-0.15, -0.1) is 0 Å². The first kappa shape index (κ1) is 12.5. The van der Waals surface area contributed by atoms with Crippen LogP contribution in [-0.4, -0.2) is 43.5 Å². The highest BCUT2D eigenvalue weighted by molar-refractivity contribution is 4.87. The predicted molar refractivity (Wildman–Crippen MR) is 65.4 cm³/mol. The summed E-state index contributed by atoms with van der Waals surface area (Å²) in [6, 6.07) is 0. The van der Waals surface area contributed by atoms with E-state index in [1.54, 1.807) is 6.33 Å². The summed E-state index contributed by atoms with van der Waals surface area (Å²) in [6.45, 7) is 7.68. The Kier molecular flexibility index (Phi) is 3.79. The fraction of sp³-hybridized carbons (Fsp3) is 0.833. The molecule has 0 radical (unpaired) electrons. The number of likely N-dealkylation sites (tertiary alicyclic amines) is 1. The van der Waals surface area contributed by atoms with Crippen molar-refractivity contribution in [2.24, 2.45) is 0 Å². The fourth-order valence-corrected chi connectivity index (χ4v) is 2.35. The molecular formula is C12H22N4O. The highest BCUT2D eigenvalue weighted by Gasteiger charge is 2.25. The molecule has 1 fully saturated rings. The maximum atomic E-state index is 10.0. The Balaban J connectivity index is 1.95. The molecule has 0 bridgehead atoms. The summed E-state index contributed by atoms with van der Waals surface area (Å²) in [4.78, 5) is 6.65. The van der Waals surface area contributed by atoms with Crippen LogP contribution in [0.15, 0.2) is 6.33 Å². The zero-order valence-electron chi connectivity index (χ0n) is 10.8. The third-order valence-corrected chi connectivity index (χ3v) is 3.52. The molecule has 0 spiro atoms. The maximum absolute atomic E-state index is 10.0. The highest BCUT2D eigenvalue weighted by Crippen LogP contribution is 2.22. The predicted octanol–water partition coefficient (Wildman–Crippen LogP) is 1.03. The van der Waals surface area contributed by atoms with Crippen LogP contribution in [0.3, 0.4) is 0 Å². The molecule has 1 saturated heterocycles. The number of aromatic nitrogens is 3. The van der Waals surface area contributed by atoms with Gasteiger partial charge in [-0.05, 0) is 39.7 Å². The van der Waals surface area contributed by atoms with Gasteiger partial charge in [0.05, 0.1) is 12.1 Å². The Morgan fingerprint density at radius 1 is 1.41 bits per heavy atom. The number of nitrogens with zero attached hydrogens (tertiary/aromatic N) is 4. The van der Waals surface area contributed by atoms with Crippen LogP contribution in [0.2, 0.25) is 0 Å². The molecule has 1 aromatic heterocycles. The summed E-state index contributed by atoms with van der Waals surface area (Å²) >= 11 is 0. The van der Waals surface area contributed by atoms with Gasteiger partial charge in [0, 0.05) is 13.1 Å². The van der Waals surface area contributed by atoms with E-state index in [9.17, 15) is 5.11 Å². The van der Waals surface area contributed by atoms with Crippen molar-refractivity contribution in [1.29, 1.82) is 0 Å². The molecule has 5 nitrogen and oxygen atoms in total. The summed E-state index contributed by atoms with van der Waals surface area (Å²) in [7, 11) is 0. The molecule has 0 aliphatic carbocycles. The lowest BCUT2D eigenvalue weighted by molar-refractivity contribution is 0.0443. The van der Waals surface area contributed by atoms with Gasteiger partial charge in [-0.25, -0.2) is 9.67 Å². The van der Waals surface area contributed by atoms with Gasteiger partial charge in [0.2, 0.25) is 0 Å². The molecule has 1 unspecified atom stereocenters. The van der Waals surface area contributed by atoms with Gasteiger partial charge in [-0.3, -0.25) is 4.90 Å². The van der Waals surface area contributed by atoms with E-state index in [1.807, 2.05) is 11.6 Å². The van der Waals surface area contributed by atoms with Crippen LogP contribution >= 0.6 is 0 Å². The second kappa shape index (κ2) is 5.14. The molecule has 96 valence electrons. The van der Waals surface area contributed by atoms with Gasteiger partial charge in [0.15, 0.2) is 0 Å². The molecule has 0 aromatic carbocycles. The monoisotopic (exact) mass is 238 g/mol. The van der Waals surface area contributed by atoms with Crippen molar-refractivity contribution in [1.82, 2.24) is 19.7 Å². The minimum Gasteiger partial charge on any atom is -0.390 e. The third-order valence-electron chi connectivity index (χ3n) is 3.52. The van der Waals surface area contributed by atoms with Crippen LogP contribution in [0.5, 0.6) is 0 Å². The van der Waals surface area contributed by atoms with Crippen molar-refractivity contribution in [3.05, 3.63) is 12.2 Å². The number of hydrogen-bond donors (Lipinski definition) is 1. The molecule has 0 amide bonds. The van der Waals surface area contributed by atoms with E-state index in [1.165, 1.54) is 0 Å². The van der Waals surface area contributed by atoms with E-state index < -0.39 is 5.60 Å². The lowest BCUT2D eigenvalue weighted by Gasteiger charge is -2.22. The van der Waals surface area contributed by atoms with Gasteiger partial charge < -0.3 is 5.11 Å². The van der Waals surface area contributed by atoms with Crippen LogP contribution in [0.1, 0.15) is 38.9 Å². The van der Waals surface area contributed by atoms with Crippen LogP contribution in [0.4, 0.5) is 0 Å². The topological polar surface area (TPSA) is 54.2 Å². The van der Waals surface area contributed by atoms with E-state index in [-0.39, 0.29) is 0 Å². The quantitative estimate of drug-likeness (QED) is 0.854. The summed E-state index contributed by atoms with van der Waals surface area (Å²) in [6.07, 6.45) is 4.40. The fourth-order valence-electron chi connectivity index (χ4n) is 2.35. The minimum absolute atomic E-state index is 0.493. The Bertz CT molecular complexity index is 361. The molecule has 1 aliphatic heterocycles. The van der Waals surface area contributed by atoms with Crippen LogP contribution in [0.25, 0.3) is 0 Å². The van der Waals surface area contributed by atoms with Crippen molar-refractivity contribution in [3.8, 4) is 0 Å². The van der Waals surface area contributed by atoms with Crippen molar-refractivity contribution in [2.45, 2.75) is 51.8 Å². The second-order valence-corrected chi connectivity index (χ2v) is 5.12. The smallest absolute Gasteiger partial charge is 0.140 e. The minimum atomic E-state index is -0.493. The Hall–Kier alpha value is -0.940. The van der Waals surface area contributed by atoms with Crippen molar-refractivity contribution < 1.29 is 5.11 Å². The second-order valence-electron chi connectivity index (χ2n) is 5.12. The van der Waals surface area contributed by atoms with Gasteiger partial charge in [-0.1, -0.05) is 0 Å². The van der Waals surface area contributed by atoms with Crippen LogP contribution in [0, 0.1) is 0 Å². The molecule has 1 atom stereocenters. The van der Waals surface area contributed by atoms with Gasteiger partial charge in [0.1, 0.15) is 12.2 Å². The molecule has 1 aromatic rings. The number of aryl methyl sites for hydroxylation is 1. The van der Waals surface area contributed by atoms with Crippen LogP contribution in [-0.2, 0) is 13.1 Å². The van der Waals surface area contributed by atoms with Crippen molar-refractivity contribution in [2.75, 3.05) is 13.1 Å². The van der Waals surface area contributed by atoms with E-state index in [2.05, 4.69) is 21.9 Å². The SMILES string of the molecule is CCn1ncnc1CN1CCCC(C)(O)CC1. The molecule has 0 saturated carbocycles. The van der Waals surface area contributed by atoms with Gasteiger partial charge in [0.25, 0.3) is 0 Å². The Morgan fingerprint density at radius 3 is 3.00 bits per heavy atom. The lowest BCUT2D eigenvalue weighted by atomic mass is 9.98. The third kappa shape index (κ3) is 3.26. The largest absolute Gasteiger partial charge is 0.390 e. The number of hydrogen-bond acceptors (Lipinski definition) is 4. The maximum Gasteiger partial charge on any atom is 0.140 e. The van der Waals surface area contributed by atoms with Crippen molar-refractivity contribution in [3.63, 3.8) is 0 Å². The van der Waals surface area contributed by atoms with Crippen LogP contribution < -0.4 is 0 Å². The normalized spacial score (nSPS) is 27.0. The van der Waals surface area contributed by atoms with Crippen molar-refractivity contribution >= 4 is 0 Å². The lowest BCUT2D eigenvalue weighted by Crippen LogP contribution is -2.29. The molecule has 1 N–H and O–H groups in total. The summed E-state index contributed by atoms with van der Waals surface area (Å²) in [5.74, 6) is 1.02. The average molecular weight is 238 g/mol. The van der Waals surface area contributed by atoms with Gasteiger partial charge >= 0.3 is 0 Å². The zero-order valence-corrected chi connectivity index (χ0v) is 10.8. The number of aliphatic hydroxyl groups is 1. The molecular weight excluding hydrogens is 216 g/mol. The first-order chi connectivity index (χ1) is 8.11. The summed E-state index contributed by atoms with van der Waals surface area (Å²) in [5.41, 5.74) is -0.493. The molecule has 2 rings (SSSR count). The molecule has 17 heavy (non-hydrogen) atoms. The Morgan fingerprint density at radius 2 is 2.24 bits per heavy atom. The van der Waals surface area contributed by atoms with Gasteiger partial charge in [-0.2, -0.15) is 5.10 Å². The highest BCUT2D eigenvalue weighted by atomic mass is 16.3. The molecule has 2 heterocycles. The van der Waals surface area contributed by atoms with E-state index >= 15 is 0 Å². The number of rotatable bonds is 3. The van der Waals surface area contributed by atoms with E-state index in [4.69, 9.17) is 0 Å². The average Bonchev–Trinajstić information content (AvgIpc) is 2.65. The molecule has 1 aliphatic rings. The van der Waals surface area contributed by atoms with E-state index in [0.717, 1.165) is 51.3 Å². The Labute approximate surface area is 102 Å². The molecule has 5 heteroatoms. The first-order valence-electron chi connectivity index (χ1n) is 6.42. The first-order valence-corrected chi connectivity index (χ1v) is 6.42. The summed E-state index contributed by atoms with van der Waals surface area (Å²) in [5, 5.41) is 14.2. The van der Waals surface area contributed by atoms with E-state index in [0.29, 0.717) is 0 Å². The zero-order chi connectivity index (χ0) is 12.3. The summed E-state index contributed by atoms with van der Waals surface area (Å²) < 4.78 is 1.93.